The Balaban J connectivity index is 0. The zero-order valence-corrected chi connectivity index (χ0v) is 7.48. The monoisotopic (exact) mass is 172 g/mol. The van der Waals surface area contributed by atoms with Crippen LogP contribution in [0.3, 0.4) is 0 Å². The van der Waals surface area contributed by atoms with Crippen molar-refractivity contribution < 1.29 is 4.80 Å². The van der Waals surface area contributed by atoms with Gasteiger partial charge >= 0.3 is 51.4 Å². The van der Waals surface area contributed by atoms with E-state index in [9.17, 15) is 0 Å². The quantitative estimate of drug-likeness (QED) is 0.612. The van der Waals surface area contributed by atoms with Crippen molar-refractivity contribution in [2.45, 2.75) is 38.7 Å². The molecule has 52 valence electrons. The average molecular weight is 172 g/mol. The van der Waals surface area contributed by atoms with Gasteiger partial charge in [0.25, 0.3) is 0 Å². The first-order valence-electron chi connectivity index (χ1n) is 3.23. The fourth-order valence-corrected chi connectivity index (χ4v) is 1.27. The van der Waals surface area contributed by atoms with Crippen LogP contribution in [0.4, 0.5) is 0 Å². The summed E-state index contributed by atoms with van der Waals surface area (Å²) in [6.07, 6.45) is 2.37. The second-order valence-corrected chi connectivity index (χ2v) is 5.30. The molecule has 0 aromatic heterocycles. The molecule has 0 heterocycles. The summed E-state index contributed by atoms with van der Waals surface area (Å²) in [5, 5.41) is 0.286. The topological polar surface area (TPSA) is 20.2 Å². The second kappa shape index (κ2) is 6.52. The molecule has 0 saturated carbocycles. The van der Waals surface area contributed by atoms with Crippen LogP contribution in [0.15, 0.2) is 0 Å². The molecular weight excluding hydrogens is 155 g/mol. The molecule has 0 radical (unpaired) electrons. The summed E-state index contributed by atoms with van der Waals surface area (Å²) in [7, 11) is -0.769. The van der Waals surface area contributed by atoms with Crippen molar-refractivity contribution in [2.24, 2.45) is 0 Å². The van der Waals surface area contributed by atoms with Gasteiger partial charge in [0.15, 0.2) is 9.76 Å². The summed E-state index contributed by atoms with van der Waals surface area (Å²) < 4.78 is 0. The molecule has 0 aliphatic carbocycles. The molecule has 0 aromatic rings. The van der Waals surface area contributed by atoms with Gasteiger partial charge in [-0.1, -0.05) is 27.2 Å². The van der Waals surface area contributed by atoms with Crippen LogP contribution in [-0.4, -0.2) is 65.9 Å². The van der Waals surface area contributed by atoms with Gasteiger partial charge in [0.1, 0.15) is 0 Å². The van der Waals surface area contributed by atoms with E-state index < -0.39 is 9.76 Å². The van der Waals surface area contributed by atoms with Crippen molar-refractivity contribution in [3.63, 3.8) is 0 Å². The van der Waals surface area contributed by atoms with Crippen LogP contribution < -0.4 is 0 Å². The standard InChI is InChI=1S/C6H16OSi.K.H/c1-4-5-6(2,3)8-7;;/h7H,4-5,8H2,1-3H3;;. The van der Waals surface area contributed by atoms with Crippen LogP contribution in [-0.2, 0) is 0 Å². The molecule has 0 rings (SSSR count). The van der Waals surface area contributed by atoms with E-state index in [0.717, 1.165) is 0 Å². The molecule has 0 aliphatic heterocycles. The number of hydrogen-bond acceptors (Lipinski definition) is 1. The molecule has 0 fully saturated rings. The van der Waals surface area contributed by atoms with Crippen LogP contribution in [0.1, 0.15) is 33.6 Å². The molecular formula is C6H17KOSi. The van der Waals surface area contributed by atoms with Crippen LogP contribution in [0.2, 0.25) is 5.04 Å². The summed E-state index contributed by atoms with van der Waals surface area (Å²) in [5.41, 5.74) is 0. The Morgan fingerprint density at radius 1 is 1.44 bits per heavy atom. The van der Waals surface area contributed by atoms with Gasteiger partial charge in [-0.25, -0.2) is 0 Å². The third-order valence-corrected chi connectivity index (χ3v) is 2.56. The van der Waals surface area contributed by atoms with Gasteiger partial charge in [-0.3, -0.25) is 0 Å². The minimum absolute atomic E-state index is 0. The molecule has 0 aromatic carbocycles. The second-order valence-electron chi connectivity index (χ2n) is 3.07. The third-order valence-electron chi connectivity index (χ3n) is 1.35. The molecule has 0 aliphatic rings. The molecule has 1 N–H and O–H groups in total. The van der Waals surface area contributed by atoms with Crippen LogP contribution in [0, 0.1) is 0 Å². The molecule has 0 unspecified atom stereocenters. The third kappa shape index (κ3) is 7.71. The molecule has 0 bridgehead atoms. The van der Waals surface area contributed by atoms with E-state index in [0.29, 0.717) is 0 Å². The van der Waals surface area contributed by atoms with Crippen molar-refractivity contribution in [1.82, 2.24) is 0 Å². The van der Waals surface area contributed by atoms with E-state index in [1.165, 1.54) is 12.8 Å². The Labute approximate surface area is 103 Å². The minimum atomic E-state index is -0.769. The maximum absolute atomic E-state index is 8.86. The average Bonchev–Trinajstić information content (AvgIpc) is 1.67. The van der Waals surface area contributed by atoms with E-state index in [-0.39, 0.29) is 56.4 Å². The van der Waals surface area contributed by atoms with Gasteiger partial charge in [-0.15, -0.1) is 0 Å². The first kappa shape index (κ1) is 13.4. The first-order valence-corrected chi connectivity index (χ1v) is 4.57. The Morgan fingerprint density at radius 2 is 1.89 bits per heavy atom. The number of hydrogen-bond donors (Lipinski definition) is 1. The van der Waals surface area contributed by atoms with E-state index in [4.69, 9.17) is 4.80 Å². The molecule has 0 amide bonds. The zero-order chi connectivity index (χ0) is 6.62. The SMILES string of the molecule is CCCC(C)(C)[SiH2]O.[KH]. The predicted molar refractivity (Wildman–Crippen MR) is 46.9 cm³/mol. The maximum atomic E-state index is 8.86. The van der Waals surface area contributed by atoms with E-state index >= 15 is 0 Å². The van der Waals surface area contributed by atoms with Gasteiger partial charge in [0.2, 0.25) is 0 Å². The van der Waals surface area contributed by atoms with Gasteiger partial charge in [0, 0.05) is 0 Å². The van der Waals surface area contributed by atoms with Crippen molar-refractivity contribution >= 4 is 61.1 Å². The van der Waals surface area contributed by atoms with Crippen molar-refractivity contribution in [2.75, 3.05) is 0 Å². The Kier molecular flexibility index (Phi) is 9.71. The Hall–Kier alpha value is 1.81. The molecule has 0 spiro atoms. The van der Waals surface area contributed by atoms with E-state index in [1.807, 2.05) is 0 Å². The van der Waals surface area contributed by atoms with Gasteiger partial charge in [-0.05, 0) is 11.5 Å². The zero-order valence-electron chi connectivity index (χ0n) is 6.07. The molecule has 0 saturated heterocycles. The van der Waals surface area contributed by atoms with Crippen LogP contribution in [0.25, 0.3) is 0 Å². The normalized spacial score (nSPS) is 12.0. The van der Waals surface area contributed by atoms with Crippen LogP contribution >= 0.6 is 0 Å². The summed E-state index contributed by atoms with van der Waals surface area (Å²) in [6.45, 7) is 6.44. The molecule has 3 heteroatoms. The fraction of sp³-hybridized carbons (Fsp3) is 1.00. The van der Waals surface area contributed by atoms with Gasteiger partial charge in [0.05, 0.1) is 0 Å². The van der Waals surface area contributed by atoms with Gasteiger partial charge < -0.3 is 4.80 Å². The van der Waals surface area contributed by atoms with Crippen molar-refractivity contribution in [3.8, 4) is 0 Å². The summed E-state index contributed by atoms with van der Waals surface area (Å²) >= 11 is 0. The summed E-state index contributed by atoms with van der Waals surface area (Å²) in [4.78, 5) is 8.86. The Bertz CT molecular complexity index is 66.1. The molecule has 9 heavy (non-hydrogen) atoms. The Morgan fingerprint density at radius 3 is 2.00 bits per heavy atom. The predicted octanol–water partition coefficient (Wildman–Crippen LogP) is 0.413. The molecule has 1 nitrogen and oxygen atoms in total. The summed E-state index contributed by atoms with van der Waals surface area (Å²) in [6, 6.07) is 0. The first-order chi connectivity index (χ1) is 3.62. The molecule has 0 atom stereocenters. The van der Waals surface area contributed by atoms with E-state index in [1.54, 1.807) is 0 Å². The van der Waals surface area contributed by atoms with Crippen molar-refractivity contribution in [3.05, 3.63) is 0 Å². The fourth-order valence-electron chi connectivity index (χ4n) is 0.756. The van der Waals surface area contributed by atoms with Gasteiger partial charge in [-0.2, -0.15) is 0 Å². The van der Waals surface area contributed by atoms with E-state index in [2.05, 4.69) is 20.8 Å². The summed E-state index contributed by atoms with van der Waals surface area (Å²) in [5.74, 6) is 0. The number of rotatable bonds is 3. The van der Waals surface area contributed by atoms with Crippen LogP contribution in [0.5, 0.6) is 0 Å². The van der Waals surface area contributed by atoms with Crippen molar-refractivity contribution in [1.29, 1.82) is 0 Å².